The van der Waals surface area contributed by atoms with E-state index in [-0.39, 0.29) is 26.7 Å². The highest BCUT2D eigenvalue weighted by atomic mass is 35.5. The van der Waals surface area contributed by atoms with Gasteiger partial charge in [-0.15, -0.1) is 0 Å². The van der Waals surface area contributed by atoms with Crippen molar-refractivity contribution in [2.45, 2.75) is 0 Å². The molecule has 0 aliphatic heterocycles. The van der Waals surface area contributed by atoms with E-state index in [1.54, 1.807) is 0 Å². The molecule has 8 heteroatoms. The first-order chi connectivity index (χ1) is 7.40. The second kappa shape index (κ2) is 5.25. The highest BCUT2D eigenvalue weighted by molar-refractivity contribution is 6.44. The summed E-state index contributed by atoms with van der Waals surface area (Å²) in [6, 6.07) is 2.04. The van der Waals surface area contributed by atoms with Crippen molar-refractivity contribution >= 4 is 52.5 Å². The van der Waals surface area contributed by atoms with Crippen LogP contribution in [0.1, 0.15) is 0 Å². The van der Waals surface area contributed by atoms with Gasteiger partial charge in [-0.05, 0) is 12.1 Å². The van der Waals surface area contributed by atoms with Gasteiger partial charge in [-0.2, -0.15) is 4.99 Å². The fraction of sp³-hybridized carbons (Fsp3) is 0. The zero-order valence-corrected chi connectivity index (χ0v) is 10.1. The van der Waals surface area contributed by atoms with E-state index in [0.29, 0.717) is 0 Å². The Morgan fingerprint density at radius 1 is 1.12 bits per heavy atom. The van der Waals surface area contributed by atoms with Crippen LogP contribution in [-0.4, -0.2) is 12.0 Å². The fourth-order valence-corrected chi connectivity index (χ4v) is 1.47. The Balaban J connectivity index is 2.94. The lowest BCUT2D eigenvalue weighted by Crippen LogP contribution is -2.25. The lowest BCUT2D eigenvalue weighted by atomic mass is 10.3. The quantitative estimate of drug-likeness (QED) is 0.419. The molecular weight excluding hydrogens is 274 g/mol. The number of rotatable bonds is 1. The summed E-state index contributed by atoms with van der Waals surface area (Å²) < 4.78 is 0. The predicted octanol–water partition coefficient (Wildman–Crippen LogP) is 2.45. The molecule has 86 valence electrons. The summed E-state index contributed by atoms with van der Waals surface area (Å²) in [5, 5.41) is 3.12. The van der Waals surface area contributed by atoms with E-state index < -0.39 is 6.03 Å². The average molecular weight is 282 g/mol. The summed E-state index contributed by atoms with van der Waals surface area (Å²) in [5.41, 5.74) is 10.3. The maximum absolute atomic E-state index is 11.2. The number of guanidine groups is 1. The smallest absolute Gasteiger partial charge is 0.348 e. The first-order valence-electron chi connectivity index (χ1n) is 3.95. The largest absolute Gasteiger partial charge is 0.370 e. The van der Waals surface area contributed by atoms with Crippen molar-refractivity contribution < 1.29 is 4.79 Å². The van der Waals surface area contributed by atoms with Crippen LogP contribution in [0.4, 0.5) is 10.5 Å². The van der Waals surface area contributed by atoms with Gasteiger partial charge in [0, 0.05) is 0 Å². The number of amides is 2. The molecule has 5 nitrogen and oxygen atoms in total. The molecule has 1 aromatic carbocycles. The maximum atomic E-state index is 11.2. The number of halogens is 3. The summed E-state index contributed by atoms with van der Waals surface area (Å²) in [5.74, 6) is -0.353. The van der Waals surface area contributed by atoms with Gasteiger partial charge in [0.05, 0.1) is 20.8 Å². The van der Waals surface area contributed by atoms with Crippen LogP contribution in [0.5, 0.6) is 0 Å². The van der Waals surface area contributed by atoms with Crippen LogP contribution in [-0.2, 0) is 0 Å². The molecule has 0 saturated carbocycles. The Morgan fingerprint density at radius 2 is 1.69 bits per heavy atom. The third-order valence-corrected chi connectivity index (χ3v) is 2.52. The summed E-state index contributed by atoms with van der Waals surface area (Å²) in [4.78, 5) is 14.4. The van der Waals surface area contributed by atoms with E-state index >= 15 is 0 Å². The van der Waals surface area contributed by atoms with Gasteiger partial charge in [0.25, 0.3) is 0 Å². The Bertz CT molecular complexity index is 457. The van der Waals surface area contributed by atoms with Crippen LogP contribution < -0.4 is 16.8 Å². The average Bonchev–Trinajstić information content (AvgIpc) is 2.12. The van der Waals surface area contributed by atoms with Crippen LogP contribution >= 0.6 is 34.8 Å². The Kier molecular flexibility index (Phi) is 4.23. The standard InChI is InChI=1S/C8H7Cl3N4O/c9-3-1-5(11)6(2-4(3)10)14-8(16)15-7(12)13/h1-2H,(H5,12,13,14,15,16). The molecule has 0 aromatic heterocycles. The SMILES string of the molecule is NC(N)=NC(=O)Nc1cc(Cl)c(Cl)cc1Cl. The molecule has 0 fully saturated rings. The van der Waals surface area contributed by atoms with Crippen molar-refractivity contribution in [2.75, 3.05) is 5.32 Å². The molecule has 0 radical (unpaired) electrons. The van der Waals surface area contributed by atoms with Crippen molar-refractivity contribution in [3.05, 3.63) is 27.2 Å². The monoisotopic (exact) mass is 280 g/mol. The summed E-state index contributed by atoms with van der Waals surface area (Å²) in [6.45, 7) is 0. The summed E-state index contributed by atoms with van der Waals surface area (Å²) >= 11 is 17.3. The van der Waals surface area contributed by atoms with Crippen LogP contribution in [0.15, 0.2) is 17.1 Å². The van der Waals surface area contributed by atoms with Crippen molar-refractivity contribution in [3.63, 3.8) is 0 Å². The molecule has 0 unspecified atom stereocenters. The highest BCUT2D eigenvalue weighted by Crippen LogP contribution is 2.32. The van der Waals surface area contributed by atoms with E-state index in [9.17, 15) is 4.79 Å². The molecule has 0 atom stereocenters. The van der Waals surface area contributed by atoms with Crippen molar-refractivity contribution in [1.82, 2.24) is 0 Å². The number of aliphatic imine (C=N–C) groups is 1. The van der Waals surface area contributed by atoms with Crippen LogP contribution in [0.25, 0.3) is 0 Å². The zero-order chi connectivity index (χ0) is 12.3. The van der Waals surface area contributed by atoms with E-state index in [1.165, 1.54) is 12.1 Å². The van der Waals surface area contributed by atoms with E-state index in [0.717, 1.165) is 0 Å². The van der Waals surface area contributed by atoms with Crippen molar-refractivity contribution in [3.8, 4) is 0 Å². The second-order valence-electron chi connectivity index (χ2n) is 2.71. The van der Waals surface area contributed by atoms with Crippen LogP contribution in [0, 0.1) is 0 Å². The minimum Gasteiger partial charge on any atom is -0.370 e. The Labute approximate surface area is 106 Å². The number of carbonyl (C=O) groups excluding carboxylic acids is 1. The van der Waals surface area contributed by atoms with E-state index in [4.69, 9.17) is 46.3 Å². The highest BCUT2D eigenvalue weighted by Gasteiger charge is 2.08. The fourth-order valence-electron chi connectivity index (χ4n) is 0.879. The first-order valence-corrected chi connectivity index (χ1v) is 5.08. The molecule has 1 rings (SSSR count). The normalized spacial score (nSPS) is 9.69. The molecule has 0 saturated heterocycles. The number of urea groups is 1. The van der Waals surface area contributed by atoms with Gasteiger partial charge in [0.2, 0.25) is 0 Å². The number of hydrogen-bond acceptors (Lipinski definition) is 1. The number of hydrogen-bond donors (Lipinski definition) is 3. The Morgan fingerprint density at radius 3 is 2.25 bits per heavy atom. The van der Waals surface area contributed by atoms with Gasteiger partial charge >= 0.3 is 6.03 Å². The third kappa shape index (κ3) is 3.44. The molecular formula is C8H7Cl3N4O. The van der Waals surface area contributed by atoms with Crippen LogP contribution in [0.3, 0.4) is 0 Å². The molecule has 0 aliphatic rings. The van der Waals surface area contributed by atoms with Gasteiger partial charge in [-0.3, -0.25) is 0 Å². The van der Waals surface area contributed by atoms with Crippen molar-refractivity contribution in [1.29, 1.82) is 0 Å². The molecule has 2 amide bonds. The molecule has 1 aromatic rings. The molecule has 16 heavy (non-hydrogen) atoms. The third-order valence-electron chi connectivity index (χ3n) is 1.48. The van der Waals surface area contributed by atoms with Crippen LogP contribution in [0.2, 0.25) is 15.1 Å². The molecule has 0 heterocycles. The molecule has 5 N–H and O–H groups in total. The van der Waals surface area contributed by atoms with Gasteiger partial charge in [-0.1, -0.05) is 34.8 Å². The Hall–Kier alpha value is -1.17. The predicted molar refractivity (Wildman–Crippen MR) is 66.3 cm³/mol. The first kappa shape index (κ1) is 12.9. The molecule has 0 spiro atoms. The number of anilines is 1. The lowest BCUT2D eigenvalue weighted by Gasteiger charge is -2.06. The molecule has 0 aliphatic carbocycles. The second-order valence-corrected chi connectivity index (χ2v) is 3.93. The maximum Gasteiger partial charge on any atom is 0.348 e. The number of nitrogens with zero attached hydrogens (tertiary/aromatic N) is 1. The minimum atomic E-state index is -0.750. The summed E-state index contributed by atoms with van der Waals surface area (Å²) in [7, 11) is 0. The van der Waals surface area contributed by atoms with Crippen molar-refractivity contribution in [2.24, 2.45) is 16.5 Å². The minimum absolute atomic E-state index is 0.230. The number of benzene rings is 1. The lowest BCUT2D eigenvalue weighted by molar-refractivity contribution is 0.259. The number of carbonyl (C=O) groups is 1. The molecule has 0 bridgehead atoms. The van der Waals surface area contributed by atoms with E-state index in [2.05, 4.69) is 10.3 Å². The van der Waals surface area contributed by atoms with Gasteiger partial charge in [-0.25, -0.2) is 4.79 Å². The number of nitrogens with one attached hydrogen (secondary N) is 1. The van der Waals surface area contributed by atoms with Gasteiger partial charge < -0.3 is 16.8 Å². The van der Waals surface area contributed by atoms with E-state index in [1.807, 2.05) is 0 Å². The van der Waals surface area contributed by atoms with Gasteiger partial charge in [0.15, 0.2) is 5.96 Å². The zero-order valence-electron chi connectivity index (χ0n) is 7.80. The number of nitrogens with two attached hydrogens (primary N) is 2. The van der Waals surface area contributed by atoms with Gasteiger partial charge in [0.1, 0.15) is 0 Å². The summed E-state index contributed by atoms with van der Waals surface area (Å²) in [6.07, 6.45) is 0. The topological polar surface area (TPSA) is 93.5 Å².